The molecule has 2 atom stereocenters. The van der Waals surface area contributed by atoms with E-state index in [-0.39, 0.29) is 5.60 Å². The van der Waals surface area contributed by atoms with E-state index in [0.717, 1.165) is 19.4 Å². The van der Waals surface area contributed by atoms with Crippen molar-refractivity contribution in [2.24, 2.45) is 0 Å². The molecule has 3 nitrogen and oxygen atoms in total. The van der Waals surface area contributed by atoms with Crippen LogP contribution in [0, 0.1) is 0 Å². The minimum Gasteiger partial charge on any atom is -0.306 e. The van der Waals surface area contributed by atoms with E-state index in [1.807, 2.05) is 0 Å². The summed E-state index contributed by atoms with van der Waals surface area (Å²) in [5.74, 6) is 0. The number of anilines is 1. The third kappa shape index (κ3) is 2.54. The lowest BCUT2D eigenvalue weighted by Crippen LogP contribution is -2.38. The molecule has 1 saturated heterocycles. The Hall–Kier alpha value is -1.84. The Morgan fingerprint density at radius 1 is 1.09 bits per heavy atom. The monoisotopic (exact) mass is 308 g/mol. The summed E-state index contributed by atoms with van der Waals surface area (Å²) in [5, 5.41) is 2.17. The molecular weight excluding hydrogens is 284 g/mol. The molecule has 2 aliphatic heterocycles. The first-order chi connectivity index (χ1) is 11.1. The van der Waals surface area contributed by atoms with Crippen LogP contribution in [0.3, 0.4) is 0 Å². The van der Waals surface area contributed by atoms with Crippen molar-refractivity contribution in [3.05, 3.63) is 65.2 Å². The predicted molar refractivity (Wildman–Crippen MR) is 93.6 cm³/mol. The Kier molecular flexibility index (Phi) is 3.43. The predicted octanol–water partition coefficient (Wildman–Crippen LogP) is 3.79. The molecule has 3 heteroatoms. The first-order valence-corrected chi connectivity index (χ1v) is 8.34. The van der Waals surface area contributed by atoms with Crippen LogP contribution in [0.4, 0.5) is 5.69 Å². The maximum absolute atomic E-state index is 6.52. The van der Waals surface area contributed by atoms with Crippen molar-refractivity contribution in [3.63, 3.8) is 0 Å². The number of likely N-dealkylation sites (N-methyl/N-ethyl adjacent to an activating group) is 1. The number of para-hydroxylation sites is 1. The van der Waals surface area contributed by atoms with Gasteiger partial charge in [0.25, 0.3) is 0 Å². The first-order valence-electron chi connectivity index (χ1n) is 8.34. The highest BCUT2D eigenvalue weighted by atomic mass is 16.7. The zero-order valence-corrected chi connectivity index (χ0v) is 14.1. The molecule has 0 bridgehead atoms. The van der Waals surface area contributed by atoms with Crippen molar-refractivity contribution in [2.45, 2.75) is 31.4 Å². The van der Waals surface area contributed by atoms with Gasteiger partial charge in [0.15, 0.2) is 0 Å². The largest absolute Gasteiger partial charge is 0.306 e. The molecule has 4 rings (SSSR count). The van der Waals surface area contributed by atoms with E-state index in [1.54, 1.807) is 0 Å². The smallest absolute Gasteiger partial charge is 0.108 e. The quantitative estimate of drug-likeness (QED) is 0.839. The highest BCUT2D eigenvalue weighted by Crippen LogP contribution is 2.47. The van der Waals surface area contributed by atoms with Gasteiger partial charge in [-0.15, -0.1) is 0 Å². The maximum atomic E-state index is 6.52. The van der Waals surface area contributed by atoms with Gasteiger partial charge in [0, 0.05) is 13.0 Å². The van der Waals surface area contributed by atoms with Crippen LogP contribution < -0.4 is 5.06 Å². The van der Waals surface area contributed by atoms with E-state index in [2.05, 4.69) is 79.5 Å². The second-order valence-corrected chi connectivity index (χ2v) is 7.33. The second kappa shape index (κ2) is 5.36. The Labute approximate surface area is 138 Å². The Bertz CT molecular complexity index is 672. The van der Waals surface area contributed by atoms with E-state index < -0.39 is 0 Å². The Balaban J connectivity index is 1.82. The number of hydrogen-bond donors (Lipinski definition) is 0. The van der Waals surface area contributed by atoms with Gasteiger partial charge in [0.2, 0.25) is 0 Å². The fourth-order valence-electron chi connectivity index (χ4n) is 4.15. The average Bonchev–Trinajstić information content (AvgIpc) is 2.78. The van der Waals surface area contributed by atoms with E-state index in [9.17, 15) is 0 Å². The van der Waals surface area contributed by atoms with Crippen LogP contribution in [0.25, 0.3) is 0 Å². The summed E-state index contributed by atoms with van der Waals surface area (Å²) in [5.41, 5.74) is 5.23. The van der Waals surface area contributed by atoms with Crippen molar-refractivity contribution in [3.8, 4) is 0 Å². The molecule has 0 unspecified atom stereocenters. The number of fused-ring (bicyclic) bond motifs is 5. The summed E-state index contributed by atoms with van der Waals surface area (Å²) in [6, 6.07) is 17.8. The first kappa shape index (κ1) is 14.7. The van der Waals surface area contributed by atoms with Gasteiger partial charge in [0.1, 0.15) is 5.60 Å². The number of hydroxylamine groups is 1. The van der Waals surface area contributed by atoms with Crippen molar-refractivity contribution in [1.82, 2.24) is 4.90 Å². The number of nitrogens with zero attached hydrogens (tertiary/aromatic N) is 2. The van der Waals surface area contributed by atoms with Gasteiger partial charge >= 0.3 is 0 Å². The molecule has 120 valence electrons. The standard InChI is InChI=1S/C20H24N2O/c1-20(14-21(2)3)13-19-17-10-6-4-8-15(17)12-16-9-5-7-11-18(16)22(19)23-20/h4-11,19H,12-14H2,1-3H3/t19-,20-/m0/s1. The van der Waals surface area contributed by atoms with Gasteiger partial charge < -0.3 is 4.90 Å². The van der Waals surface area contributed by atoms with E-state index in [1.165, 1.54) is 22.4 Å². The van der Waals surface area contributed by atoms with Crippen LogP contribution in [0.2, 0.25) is 0 Å². The summed E-state index contributed by atoms with van der Waals surface area (Å²) in [6.45, 7) is 3.15. The van der Waals surface area contributed by atoms with Gasteiger partial charge in [-0.2, -0.15) is 0 Å². The molecule has 0 amide bonds. The average molecular weight is 308 g/mol. The summed E-state index contributed by atoms with van der Waals surface area (Å²) >= 11 is 0. The summed E-state index contributed by atoms with van der Waals surface area (Å²) in [7, 11) is 4.22. The normalized spacial score (nSPS) is 25.7. The van der Waals surface area contributed by atoms with Crippen molar-refractivity contribution in [2.75, 3.05) is 25.7 Å². The van der Waals surface area contributed by atoms with Gasteiger partial charge in [-0.05, 0) is 50.2 Å². The van der Waals surface area contributed by atoms with Crippen molar-refractivity contribution >= 4 is 5.69 Å². The lowest BCUT2D eigenvalue weighted by atomic mass is 9.90. The molecule has 0 N–H and O–H groups in total. The van der Waals surface area contributed by atoms with Crippen LogP contribution in [0.1, 0.15) is 36.1 Å². The Morgan fingerprint density at radius 3 is 2.57 bits per heavy atom. The molecule has 0 aromatic heterocycles. The summed E-state index contributed by atoms with van der Waals surface area (Å²) < 4.78 is 0. The van der Waals surface area contributed by atoms with E-state index in [4.69, 9.17) is 4.84 Å². The molecule has 1 fully saturated rings. The number of rotatable bonds is 2. The molecule has 0 spiro atoms. The van der Waals surface area contributed by atoms with Crippen LogP contribution in [-0.2, 0) is 11.3 Å². The van der Waals surface area contributed by atoms with Crippen LogP contribution >= 0.6 is 0 Å². The van der Waals surface area contributed by atoms with Crippen LogP contribution in [0.15, 0.2) is 48.5 Å². The zero-order valence-electron chi connectivity index (χ0n) is 14.1. The molecular formula is C20H24N2O. The van der Waals surface area contributed by atoms with Crippen molar-refractivity contribution < 1.29 is 4.84 Å². The second-order valence-electron chi connectivity index (χ2n) is 7.33. The van der Waals surface area contributed by atoms with Crippen LogP contribution in [-0.4, -0.2) is 31.1 Å². The maximum Gasteiger partial charge on any atom is 0.108 e. The highest BCUT2D eigenvalue weighted by Gasteiger charge is 2.45. The molecule has 0 aliphatic carbocycles. The Morgan fingerprint density at radius 2 is 1.78 bits per heavy atom. The van der Waals surface area contributed by atoms with Gasteiger partial charge in [0.05, 0.1) is 11.7 Å². The zero-order chi connectivity index (χ0) is 16.0. The lowest BCUT2D eigenvalue weighted by molar-refractivity contribution is -0.0154. The molecule has 0 radical (unpaired) electrons. The highest BCUT2D eigenvalue weighted by molar-refractivity contribution is 5.59. The van der Waals surface area contributed by atoms with Crippen LogP contribution in [0.5, 0.6) is 0 Å². The van der Waals surface area contributed by atoms with E-state index in [0.29, 0.717) is 6.04 Å². The van der Waals surface area contributed by atoms with Gasteiger partial charge in [-0.3, -0.25) is 4.84 Å². The third-order valence-corrected chi connectivity index (χ3v) is 4.90. The molecule has 2 aliphatic rings. The lowest BCUT2D eigenvalue weighted by Gasteiger charge is -2.29. The number of hydrogen-bond acceptors (Lipinski definition) is 3. The van der Waals surface area contributed by atoms with Gasteiger partial charge in [-0.25, -0.2) is 5.06 Å². The molecule has 2 aromatic carbocycles. The van der Waals surface area contributed by atoms with Gasteiger partial charge in [-0.1, -0.05) is 42.5 Å². The topological polar surface area (TPSA) is 15.7 Å². The third-order valence-electron chi connectivity index (χ3n) is 4.90. The fraction of sp³-hybridized carbons (Fsp3) is 0.400. The molecule has 2 heterocycles. The minimum atomic E-state index is -0.161. The fourth-order valence-corrected chi connectivity index (χ4v) is 4.15. The van der Waals surface area contributed by atoms with Crippen molar-refractivity contribution in [1.29, 1.82) is 0 Å². The summed E-state index contributed by atoms with van der Waals surface area (Å²) in [4.78, 5) is 8.73. The molecule has 23 heavy (non-hydrogen) atoms. The number of benzene rings is 2. The minimum absolute atomic E-state index is 0.161. The molecule has 2 aromatic rings. The summed E-state index contributed by atoms with van der Waals surface area (Å²) in [6.07, 6.45) is 1.99. The SMILES string of the molecule is CN(C)C[C@]1(C)C[C@H]2c3ccccc3Cc3ccccc3N2O1. The van der Waals surface area contributed by atoms with E-state index >= 15 is 0 Å². The molecule has 0 saturated carbocycles.